The molecular weight excluding hydrogens is 167 g/mol. The Morgan fingerprint density at radius 3 is 2.70 bits per heavy atom. The van der Waals surface area contributed by atoms with Gasteiger partial charge >= 0.3 is 6.36 Å². The second-order valence-electron chi connectivity index (χ2n) is 1.38. The zero-order valence-corrected chi connectivity index (χ0v) is 5.37. The average molecular weight is 169 g/mol. The summed E-state index contributed by atoms with van der Waals surface area (Å²) in [4.78, 5) is 3.31. The molecule has 0 aromatic heterocycles. The highest BCUT2D eigenvalue weighted by atomic mass is 32.2. The lowest BCUT2D eigenvalue weighted by Gasteiger charge is -2.09. The minimum atomic E-state index is -4.61. The van der Waals surface area contributed by atoms with Crippen LogP contribution in [0.5, 0.6) is 0 Å². The maximum absolute atomic E-state index is 11.4. The van der Waals surface area contributed by atoms with Gasteiger partial charge in [0.1, 0.15) is 0 Å². The van der Waals surface area contributed by atoms with Crippen LogP contribution in [0.2, 0.25) is 0 Å². The van der Waals surface area contributed by atoms with Crippen molar-refractivity contribution in [1.82, 2.24) is 0 Å². The van der Waals surface area contributed by atoms with E-state index in [-0.39, 0.29) is 0 Å². The summed E-state index contributed by atoms with van der Waals surface area (Å²) in [5.41, 5.74) is -1.19. The molecule has 0 aromatic carbocycles. The van der Waals surface area contributed by atoms with Gasteiger partial charge in [-0.3, -0.25) is 9.73 Å². The summed E-state index contributed by atoms with van der Waals surface area (Å²) < 4.78 is 37.6. The molecule has 1 aliphatic rings. The summed E-state index contributed by atoms with van der Waals surface area (Å²) in [6, 6.07) is 0. The lowest BCUT2D eigenvalue weighted by molar-refractivity contribution is -0.329. The minimum absolute atomic E-state index is 0.755. The van der Waals surface area contributed by atoms with Gasteiger partial charge in [-0.2, -0.15) is 0 Å². The topological polar surface area (TPSA) is 21.6 Å². The van der Waals surface area contributed by atoms with Crippen molar-refractivity contribution in [2.75, 3.05) is 0 Å². The first-order chi connectivity index (χ1) is 4.58. The first kappa shape index (κ1) is 7.87. The number of thioether (sulfide) groups is 1. The molecule has 6 heteroatoms. The normalized spacial score (nSPS) is 25.7. The molecule has 56 valence electrons. The average Bonchev–Trinajstić information content (AvgIpc) is 2.12. The Hall–Kier alpha value is -0.230. The molecule has 0 fully saturated rings. The van der Waals surface area contributed by atoms with Crippen molar-refractivity contribution in [2.45, 2.75) is 11.9 Å². The van der Waals surface area contributed by atoms with Crippen LogP contribution in [0.15, 0.2) is 4.99 Å². The highest BCUT2D eigenvalue weighted by molar-refractivity contribution is 8.02. The third kappa shape index (κ3) is 2.57. The van der Waals surface area contributed by atoms with E-state index in [4.69, 9.17) is 0 Å². The third-order valence-corrected chi connectivity index (χ3v) is 1.31. The van der Waals surface area contributed by atoms with Crippen molar-refractivity contribution in [1.29, 1.82) is 0 Å². The quantitative estimate of drug-likeness (QED) is 0.595. The summed E-state index contributed by atoms with van der Waals surface area (Å²) >= 11 is 0.755. The minimum Gasteiger partial charge on any atom is -0.256 e. The second kappa shape index (κ2) is 2.79. The first-order valence-corrected chi connectivity index (χ1v) is 3.13. The monoisotopic (exact) mass is 169 g/mol. The summed E-state index contributed by atoms with van der Waals surface area (Å²) in [6.07, 6.45) is -3.46. The van der Waals surface area contributed by atoms with Gasteiger partial charge in [0.25, 0.3) is 0 Å². The summed E-state index contributed by atoms with van der Waals surface area (Å²) in [5.74, 6) is 2.39. The molecule has 0 amide bonds. The smallest absolute Gasteiger partial charge is 0.256 e. The van der Waals surface area contributed by atoms with E-state index < -0.39 is 11.9 Å². The van der Waals surface area contributed by atoms with Gasteiger partial charge in [0, 0.05) is 6.21 Å². The van der Waals surface area contributed by atoms with Crippen molar-refractivity contribution < 1.29 is 17.9 Å². The van der Waals surface area contributed by atoms with E-state index in [0.717, 1.165) is 18.0 Å². The van der Waals surface area contributed by atoms with Gasteiger partial charge in [-0.15, -0.1) is 13.2 Å². The van der Waals surface area contributed by atoms with Crippen molar-refractivity contribution in [3.63, 3.8) is 0 Å². The van der Waals surface area contributed by atoms with Gasteiger partial charge in [0.05, 0.1) is 5.75 Å². The fourth-order valence-electron chi connectivity index (χ4n) is 0.379. The van der Waals surface area contributed by atoms with E-state index in [1.807, 2.05) is 0 Å². The van der Waals surface area contributed by atoms with Crippen molar-refractivity contribution >= 4 is 18.0 Å². The fourth-order valence-corrected chi connectivity index (χ4v) is 0.896. The number of rotatable bonds is 1. The molecule has 1 rings (SSSR count). The zero-order chi connectivity index (χ0) is 7.61. The summed E-state index contributed by atoms with van der Waals surface area (Å²) in [7, 11) is 0. The largest absolute Gasteiger partial charge is 0.525 e. The second-order valence-corrected chi connectivity index (χ2v) is 2.26. The highest BCUT2D eigenvalue weighted by Crippen LogP contribution is 2.28. The molecule has 0 aromatic rings. The summed E-state index contributed by atoms with van der Waals surface area (Å²) in [6.45, 7) is 0. The van der Waals surface area contributed by atoms with E-state index in [2.05, 4.69) is 15.5 Å². The maximum Gasteiger partial charge on any atom is 0.525 e. The molecule has 0 saturated heterocycles. The molecule has 1 heterocycles. The van der Waals surface area contributed by atoms with Crippen LogP contribution in [0.1, 0.15) is 0 Å². The van der Waals surface area contributed by atoms with E-state index in [9.17, 15) is 13.2 Å². The van der Waals surface area contributed by atoms with Crippen LogP contribution < -0.4 is 0 Å². The lowest BCUT2D eigenvalue weighted by atomic mass is 10.9. The van der Waals surface area contributed by atoms with Gasteiger partial charge in [0.15, 0.2) is 0 Å². The Morgan fingerprint density at radius 1 is 1.60 bits per heavy atom. The molecule has 1 unspecified atom stereocenters. The number of alkyl halides is 3. The number of aliphatic imine (C=N–C) groups is 1. The Bertz CT molecular complexity index is 146. The van der Waals surface area contributed by atoms with Crippen LogP contribution in [-0.2, 0) is 4.74 Å². The molecule has 1 aliphatic heterocycles. The predicted octanol–water partition coefficient (Wildman–Crippen LogP) is 1.66. The van der Waals surface area contributed by atoms with Crippen LogP contribution in [-0.4, -0.2) is 18.1 Å². The molecule has 1 atom stereocenters. The van der Waals surface area contributed by atoms with E-state index in [1.54, 1.807) is 0 Å². The third-order valence-electron chi connectivity index (χ3n) is 0.652. The van der Waals surface area contributed by atoms with Gasteiger partial charge in [-0.05, 0) is 0 Å². The maximum atomic E-state index is 11.4. The van der Waals surface area contributed by atoms with Gasteiger partial charge < -0.3 is 0 Å². The zero-order valence-electron chi connectivity index (χ0n) is 4.55. The van der Waals surface area contributed by atoms with Crippen LogP contribution >= 0.6 is 11.8 Å². The fraction of sp³-hybridized carbons (Fsp3) is 0.500. The van der Waals surface area contributed by atoms with E-state index >= 15 is 0 Å². The first-order valence-electron chi connectivity index (χ1n) is 2.25. The Labute approximate surface area is 59.5 Å². The standard InChI is InChI=1S/C4H2F3NOS/c5-4(6,7)9-3-8-1-2-10-3/h1,3H. The lowest BCUT2D eigenvalue weighted by Crippen LogP contribution is -2.18. The van der Waals surface area contributed by atoms with Crippen molar-refractivity contribution in [2.24, 2.45) is 4.99 Å². The Kier molecular flexibility index (Phi) is 2.20. The van der Waals surface area contributed by atoms with Crippen LogP contribution in [0, 0.1) is 5.75 Å². The van der Waals surface area contributed by atoms with Crippen LogP contribution in [0.25, 0.3) is 0 Å². The van der Waals surface area contributed by atoms with Crippen molar-refractivity contribution in [3.05, 3.63) is 5.75 Å². The molecule has 10 heavy (non-hydrogen) atoms. The molecule has 0 N–H and O–H groups in total. The van der Waals surface area contributed by atoms with Gasteiger partial charge in [0.2, 0.25) is 5.56 Å². The number of nitrogens with zero attached hydrogens (tertiary/aromatic N) is 1. The highest BCUT2D eigenvalue weighted by Gasteiger charge is 2.34. The molecule has 0 spiro atoms. The SMILES string of the molecule is FC(F)(F)OC1N=C[C]S1. The number of halogens is 3. The molecule has 0 saturated carbocycles. The summed E-state index contributed by atoms with van der Waals surface area (Å²) in [5, 5.41) is 0. The number of hydrogen-bond donors (Lipinski definition) is 0. The van der Waals surface area contributed by atoms with Gasteiger partial charge in [-0.1, -0.05) is 11.8 Å². The number of ether oxygens (including phenoxy) is 1. The molecule has 2 nitrogen and oxygen atoms in total. The Balaban J connectivity index is 2.31. The number of hydrogen-bond acceptors (Lipinski definition) is 3. The molecular formula is C4H2F3NOS. The van der Waals surface area contributed by atoms with E-state index in [1.165, 1.54) is 0 Å². The molecule has 0 aliphatic carbocycles. The molecule has 0 bridgehead atoms. The van der Waals surface area contributed by atoms with Crippen molar-refractivity contribution in [3.8, 4) is 0 Å². The van der Waals surface area contributed by atoms with Gasteiger partial charge in [-0.25, -0.2) is 0 Å². The van der Waals surface area contributed by atoms with Crippen LogP contribution in [0.3, 0.4) is 0 Å². The molecule has 2 radical (unpaired) electrons. The predicted molar refractivity (Wildman–Crippen MR) is 30.3 cm³/mol. The Morgan fingerprint density at radius 2 is 2.30 bits per heavy atom. The van der Waals surface area contributed by atoms with Crippen LogP contribution in [0.4, 0.5) is 13.2 Å². The van der Waals surface area contributed by atoms with E-state index in [0.29, 0.717) is 0 Å².